The van der Waals surface area contributed by atoms with E-state index >= 15 is 0 Å². The Kier molecular flexibility index (Phi) is 5.49. The summed E-state index contributed by atoms with van der Waals surface area (Å²) in [4.78, 5) is 0. The Morgan fingerprint density at radius 1 is 1.21 bits per heavy atom. The van der Waals surface area contributed by atoms with E-state index in [1.807, 2.05) is 0 Å². The molecule has 1 aliphatic rings. The lowest BCUT2D eigenvalue weighted by Gasteiger charge is -2.29. The Morgan fingerprint density at radius 2 is 1.93 bits per heavy atom. The molecule has 0 heterocycles. The number of ether oxygens (including phenoxy) is 1. The molecule has 14 heavy (non-hydrogen) atoms. The molecular formula is C12H25NO. The van der Waals surface area contributed by atoms with Gasteiger partial charge in [-0.25, -0.2) is 0 Å². The van der Waals surface area contributed by atoms with E-state index in [0.717, 1.165) is 19.7 Å². The van der Waals surface area contributed by atoms with Crippen LogP contribution >= 0.6 is 0 Å². The molecule has 1 rings (SSSR count). The van der Waals surface area contributed by atoms with E-state index in [4.69, 9.17) is 4.74 Å². The Bertz CT molecular complexity index is 141. The van der Waals surface area contributed by atoms with Gasteiger partial charge in [-0.2, -0.15) is 0 Å². The van der Waals surface area contributed by atoms with Crippen molar-refractivity contribution in [3.05, 3.63) is 0 Å². The lowest BCUT2D eigenvalue weighted by molar-refractivity contribution is -0.0400. The van der Waals surface area contributed by atoms with Gasteiger partial charge in [-0.15, -0.1) is 0 Å². The van der Waals surface area contributed by atoms with Crippen LogP contribution in [0.5, 0.6) is 0 Å². The number of unbranched alkanes of at least 4 members (excludes halogenated alkanes) is 1. The van der Waals surface area contributed by atoms with Gasteiger partial charge in [0.25, 0.3) is 0 Å². The molecule has 0 atom stereocenters. The molecule has 1 fully saturated rings. The molecule has 1 saturated carbocycles. The van der Waals surface area contributed by atoms with Crippen molar-refractivity contribution in [3.63, 3.8) is 0 Å². The highest BCUT2D eigenvalue weighted by Crippen LogP contribution is 2.32. The zero-order valence-corrected chi connectivity index (χ0v) is 9.77. The van der Waals surface area contributed by atoms with Crippen molar-refractivity contribution in [1.29, 1.82) is 0 Å². The summed E-state index contributed by atoms with van der Waals surface area (Å²) in [5.74, 6) is 0. The zero-order chi connectivity index (χ0) is 10.3. The van der Waals surface area contributed by atoms with Gasteiger partial charge in [0, 0.05) is 13.2 Å². The van der Waals surface area contributed by atoms with Gasteiger partial charge in [0.1, 0.15) is 0 Å². The fraction of sp³-hybridized carbons (Fsp3) is 1.00. The van der Waals surface area contributed by atoms with Crippen molar-refractivity contribution in [3.8, 4) is 0 Å². The number of rotatable bonds is 7. The van der Waals surface area contributed by atoms with Crippen molar-refractivity contribution in [2.45, 2.75) is 58.0 Å². The minimum absolute atomic E-state index is 0.186. The van der Waals surface area contributed by atoms with Crippen LogP contribution in [0.2, 0.25) is 0 Å². The summed E-state index contributed by atoms with van der Waals surface area (Å²) in [6.07, 6.45) is 7.63. The standard InChI is InChI=1S/C12H25NO/c1-3-5-10-14-12(11-13-4-2)8-6-7-9-12/h13H,3-11H2,1-2H3. The molecular weight excluding hydrogens is 174 g/mol. The molecule has 0 unspecified atom stereocenters. The summed E-state index contributed by atoms with van der Waals surface area (Å²) < 4.78 is 6.07. The molecule has 0 aliphatic heterocycles. The Balaban J connectivity index is 2.28. The van der Waals surface area contributed by atoms with Crippen molar-refractivity contribution in [1.82, 2.24) is 5.32 Å². The quantitative estimate of drug-likeness (QED) is 0.637. The molecule has 0 saturated heterocycles. The van der Waals surface area contributed by atoms with E-state index in [1.54, 1.807) is 0 Å². The SMILES string of the molecule is CCCCOC1(CNCC)CCCC1. The van der Waals surface area contributed by atoms with Crippen molar-refractivity contribution in [2.75, 3.05) is 19.7 Å². The smallest absolute Gasteiger partial charge is 0.0806 e. The molecule has 1 aliphatic carbocycles. The first-order valence-corrected chi connectivity index (χ1v) is 6.17. The second-order valence-electron chi connectivity index (χ2n) is 4.37. The van der Waals surface area contributed by atoms with Gasteiger partial charge in [-0.3, -0.25) is 0 Å². The second-order valence-corrected chi connectivity index (χ2v) is 4.37. The monoisotopic (exact) mass is 199 g/mol. The summed E-state index contributed by atoms with van der Waals surface area (Å²) in [6, 6.07) is 0. The highest BCUT2D eigenvalue weighted by atomic mass is 16.5. The van der Waals surface area contributed by atoms with Crippen molar-refractivity contribution in [2.24, 2.45) is 0 Å². The maximum absolute atomic E-state index is 6.07. The number of nitrogens with one attached hydrogen (secondary N) is 1. The third-order valence-corrected chi connectivity index (χ3v) is 3.12. The minimum atomic E-state index is 0.186. The fourth-order valence-corrected chi connectivity index (χ4v) is 2.18. The topological polar surface area (TPSA) is 21.3 Å². The molecule has 0 bridgehead atoms. The van der Waals surface area contributed by atoms with Crippen LogP contribution < -0.4 is 5.32 Å². The molecule has 0 amide bonds. The first-order valence-electron chi connectivity index (χ1n) is 6.17. The molecule has 0 aromatic rings. The molecule has 0 spiro atoms. The first-order chi connectivity index (χ1) is 6.83. The van der Waals surface area contributed by atoms with Gasteiger partial charge < -0.3 is 10.1 Å². The van der Waals surface area contributed by atoms with Crippen LogP contribution in [-0.4, -0.2) is 25.3 Å². The van der Waals surface area contributed by atoms with Crippen LogP contribution in [0.4, 0.5) is 0 Å². The number of likely N-dealkylation sites (N-methyl/N-ethyl adjacent to an activating group) is 1. The van der Waals surface area contributed by atoms with E-state index in [9.17, 15) is 0 Å². The number of hydrogen-bond acceptors (Lipinski definition) is 2. The molecule has 0 aromatic carbocycles. The van der Waals surface area contributed by atoms with Gasteiger partial charge in [0.15, 0.2) is 0 Å². The van der Waals surface area contributed by atoms with Gasteiger partial charge in [-0.1, -0.05) is 33.1 Å². The van der Waals surface area contributed by atoms with Gasteiger partial charge in [0.2, 0.25) is 0 Å². The summed E-state index contributed by atoms with van der Waals surface area (Å²) >= 11 is 0. The highest BCUT2D eigenvalue weighted by Gasteiger charge is 2.33. The zero-order valence-electron chi connectivity index (χ0n) is 9.77. The molecule has 2 heteroatoms. The van der Waals surface area contributed by atoms with E-state index in [0.29, 0.717) is 0 Å². The molecule has 1 N–H and O–H groups in total. The average Bonchev–Trinajstić information content (AvgIpc) is 2.65. The van der Waals surface area contributed by atoms with Crippen LogP contribution in [0.15, 0.2) is 0 Å². The lowest BCUT2D eigenvalue weighted by atomic mass is 10.0. The molecule has 2 nitrogen and oxygen atoms in total. The van der Waals surface area contributed by atoms with Crippen LogP contribution in [0, 0.1) is 0 Å². The Morgan fingerprint density at radius 3 is 2.50 bits per heavy atom. The molecule has 84 valence electrons. The average molecular weight is 199 g/mol. The highest BCUT2D eigenvalue weighted by molar-refractivity contribution is 4.88. The lowest BCUT2D eigenvalue weighted by Crippen LogP contribution is -2.41. The normalized spacial score (nSPS) is 20.1. The predicted molar refractivity (Wildman–Crippen MR) is 60.6 cm³/mol. The predicted octanol–water partition coefficient (Wildman–Crippen LogP) is 2.73. The largest absolute Gasteiger partial charge is 0.374 e. The van der Waals surface area contributed by atoms with Gasteiger partial charge in [-0.05, 0) is 25.8 Å². The molecule has 0 aromatic heterocycles. The summed E-state index contributed by atoms with van der Waals surface area (Å²) in [7, 11) is 0. The van der Waals surface area contributed by atoms with Crippen molar-refractivity contribution < 1.29 is 4.74 Å². The van der Waals surface area contributed by atoms with E-state index < -0.39 is 0 Å². The number of hydrogen-bond donors (Lipinski definition) is 1. The summed E-state index contributed by atoms with van der Waals surface area (Å²) in [6.45, 7) is 7.43. The van der Waals surface area contributed by atoms with E-state index in [1.165, 1.54) is 38.5 Å². The van der Waals surface area contributed by atoms with Crippen LogP contribution in [0.1, 0.15) is 52.4 Å². The maximum Gasteiger partial charge on any atom is 0.0806 e. The minimum Gasteiger partial charge on any atom is -0.374 e. The first kappa shape index (κ1) is 12.0. The Hall–Kier alpha value is -0.0800. The van der Waals surface area contributed by atoms with Crippen LogP contribution in [0.3, 0.4) is 0 Å². The summed E-state index contributed by atoms with van der Waals surface area (Å²) in [5.41, 5.74) is 0.186. The van der Waals surface area contributed by atoms with E-state index in [-0.39, 0.29) is 5.60 Å². The van der Waals surface area contributed by atoms with Gasteiger partial charge in [0.05, 0.1) is 5.60 Å². The molecule has 0 radical (unpaired) electrons. The second kappa shape index (κ2) is 6.41. The maximum atomic E-state index is 6.07. The third kappa shape index (κ3) is 3.58. The summed E-state index contributed by atoms with van der Waals surface area (Å²) in [5, 5.41) is 3.43. The van der Waals surface area contributed by atoms with Crippen molar-refractivity contribution >= 4 is 0 Å². The van der Waals surface area contributed by atoms with Gasteiger partial charge >= 0.3 is 0 Å². The Labute approximate surface area is 88.4 Å². The van der Waals surface area contributed by atoms with Crippen LogP contribution in [-0.2, 0) is 4.74 Å². The van der Waals surface area contributed by atoms with Crippen LogP contribution in [0.25, 0.3) is 0 Å². The van der Waals surface area contributed by atoms with E-state index in [2.05, 4.69) is 19.2 Å². The third-order valence-electron chi connectivity index (χ3n) is 3.12. The fourth-order valence-electron chi connectivity index (χ4n) is 2.18.